The molecule has 1 aliphatic rings. The van der Waals surface area contributed by atoms with E-state index in [0.29, 0.717) is 0 Å². The van der Waals surface area contributed by atoms with E-state index in [2.05, 4.69) is 0 Å². The van der Waals surface area contributed by atoms with Gasteiger partial charge in [0.1, 0.15) is 26.2 Å². The van der Waals surface area contributed by atoms with Crippen LogP contribution in [0.1, 0.15) is 0 Å². The summed E-state index contributed by atoms with van der Waals surface area (Å²) in [6.07, 6.45) is -2.43. The molecule has 3 N–H and O–H groups in total. The summed E-state index contributed by atoms with van der Waals surface area (Å²) in [4.78, 5) is 0. The highest BCUT2D eigenvalue weighted by Crippen LogP contribution is 2.18. The van der Waals surface area contributed by atoms with Crippen molar-refractivity contribution in [2.75, 3.05) is 6.61 Å². The third-order valence-electron chi connectivity index (χ3n) is 1.78. The summed E-state index contributed by atoms with van der Waals surface area (Å²) < 4.78 is 4.98. The van der Waals surface area contributed by atoms with E-state index < -0.39 is 18.3 Å². The molecule has 4 nitrogen and oxygen atoms in total. The lowest BCUT2D eigenvalue weighted by Gasteiger charge is -2.10. The molecule has 4 atom stereocenters. The fraction of sp³-hybridized carbons (Fsp3) is 1.00. The van der Waals surface area contributed by atoms with Gasteiger partial charge in [0.25, 0.3) is 0 Å². The van der Waals surface area contributed by atoms with E-state index in [1.807, 2.05) is 0 Å². The Morgan fingerprint density at radius 2 is 1.90 bits per heavy atom. The molecule has 0 amide bonds. The van der Waals surface area contributed by atoms with Crippen molar-refractivity contribution in [1.29, 1.82) is 0 Å². The smallest absolute Gasteiger partial charge is 0.142 e. The number of aliphatic hydroxyl groups excluding tert-OH is 3. The SMILES string of the molecule is BC1O[C@H](CO)[C@@H](O)[C@H]1O. The van der Waals surface area contributed by atoms with E-state index in [-0.39, 0.29) is 12.6 Å². The summed E-state index contributed by atoms with van der Waals surface area (Å²) in [7, 11) is 1.66. The van der Waals surface area contributed by atoms with Crippen molar-refractivity contribution < 1.29 is 20.1 Å². The van der Waals surface area contributed by atoms with Crippen LogP contribution in [0.3, 0.4) is 0 Å². The van der Waals surface area contributed by atoms with E-state index in [1.54, 1.807) is 7.85 Å². The molecule has 0 aromatic rings. The topological polar surface area (TPSA) is 69.9 Å². The Morgan fingerprint density at radius 1 is 1.30 bits per heavy atom. The molecule has 0 bridgehead atoms. The molecule has 0 saturated carbocycles. The zero-order valence-corrected chi connectivity index (χ0v) is 5.77. The number of aliphatic hydroxyl groups is 3. The maximum absolute atomic E-state index is 9.09. The van der Waals surface area contributed by atoms with Crippen LogP contribution < -0.4 is 0 Å². The van der Waals surface area contributed by atoms with Crippen molar-refractivity contribution in [3.05, 3.63) is 0 Å². The van der Waals surface area contributed by atoms with E-state index in [4.69, 9.17) is 20.1 Å². The molecule has 1 unspecified atom stereocenters. The highest BCUT2D eigenvalue weighted by molar-refractivity contribution is 6.11. The minimum atomic E-state index is -0.944. The van der Waals surface area contributed by atoms with Crippen molar-refractivity contribution in [1.82, 2.24) is 0 Å². The van der Waals surface area contributed by atoms with Crippen LogP contribution in [0.25, 0.3) is 0 Å². The predicted molar refractivity (Wildman–Crippen MR) is 36.3 cm³/mol. The molecule has 10 heavy (non-hydrogen) atoms. The van der Waals surface area contributed by atoms with Gasteiger partial charge >= 0.3 is 0 Å². The van der Waals surface area contributed by atoms with Crippen LogP contribution in [0.4, 0.5) is 0 Å². The van der Waals surface area contributed by atoms with Crippen LogP contribution >= 0.6 is 0 Å². The van der Waals surface area contributed by atoms with Crippen molar-refractivity contribution in [3.8, 4) is 0 Å². The van der Waals surface area contributed by atoms with Gasteiger partial charge in [-0.1, -0.05) is 0 Å². The maximum Gasteiger partial charge on any atom is 0.142 e. The lowest BCUT2D eigenvalue weighted by Crippen LogP contribution is -2.33. The van der Waals surface area contributed by atoms with Crippen LogP contribution in [-0.2, 0) is 4.74 Å². The lowest BCUT2D eigenvalue weighted by atomic mass is 9.93. The van der Waals surface area contributed by atoms with Crippen LogP contribution in [-0.4, -0.2) is 54.1 Å². The third-order valence-corrected chi connectivity index (χ3v) is 1.78. The fourth-order valence-corrected chi connectivity index (χ4v) is 1.09. The third kappa shape index (κ3) is 1.18. The molecule has 5 heteroatoms. The lowest BCUT2D eigenvalue weighted by molar-refractivity contribution is -0.00875. The molecule has 1 saturated heterocycles. The largest absolute Gasteiger partial charge is 0.394 e. The Morgan fingerprint density at radius 3 is 2.10 bits per heavy atom. The molecule has 1 heterocycles. The maximum atomic E-state index is 9.09. The van der Waals surface area contributed by atoms with E-state index in [0.717, 1.165) is 0 Å². The van der Waals surface area contributed by atoms with Gasteiger partial charge in [-0.05, 0) is 0 Å². The first-order valence-corrected chi connectivity index (χ1v) is 3.29. The van der Waals surface area contributed by atoms with Gasteiger partial charge in [0.2, 0.25) is 0 Å². The van der Waals surface area contributed by atoms with Gasteiger partial charge in [0.15, 0.2) is 0 Å². The van der Waals surface area contributed by atoms with Crippen molar-refractivity contribution in [2.24, 2.45) is 0 Å². The average molecular weight is 146 g/mol. The Kier molecular flexibility index (Phi) is 2.30. The molecule has 1 aliphatic heterocycles. The zero-order valence-electron chi connectivity index (χ0n) is 5.77. The molecule has 0 aromatic carbocycles. The summed E-state index contributed by atoms with van der Waals surface area (Å²) >= 11 is 0. The van der Waals surface area contributed by atoms with E-state index in [1.165, 1.54) is 0 Å². The molecule has 1 fully saturated rings. The van der Waals surface area contributed by atoms with Gasteiger partial charge in [-0.3, -0.25) is 0 Å². The summed E-state index contributed by atoms with van der Waals surface area (Å²) in [5.74, 6) is 0. The van der Waals surface area contributed by atoms with Crippen LogP contribution in [0.15, 0.2) is 0 Å². The predicted octanol–water partition coefficient (Wildman–Crippen LogP) is -2.94. The number of hydrogen-bond acceptors (Lipinski definition) is 4. The Bertz CT molecular complexity index is 120. The van der Waals surface area contributed by atoms with Gasteiger partial charge in [-0.25, -0.2) is 0 Å². The first kappa shape index (κ1) is 8.01. The second-order valence-corrected chi connectivity index (χ2v) is 2.54. The summed E-state index contributed by atoms with van der Waals surface area (Å²) in [5.41, 5.74) is 0. The normalized spacial score (nSPS) is 47.9. The second kappa shape index (κ2) is 2.88. The highest BCUT2D eigenvalue weighted by Gasteiger charge is 2.39. The first-order valence-electron chi connectivity index (χ1n) is 3.29. The van der Waals surface area contributed by atoms with Crippen molar-refractivity contribution in [2.45, 2.75) is 24.3 Å². The fourth-order valence-electron chi connectivity index (χ4n) is 1.09. The minimum absolute atomic E-state index is 0.247. The summed E-state index contributed by atoms with van der Waals surface area (Å²) in [6, 6.07) is -0.382. The van der Waals surface area contributed by atoms with Gasteiger partial charge in [-0.2, -0.15) is 0 Å². The van der Waals surface area contributed by atoms with Crippen LogP contribution in [0.5, 0.6) is 0 Å². The standard InChI is InChI=1S/C5H11BO4/c6-5-4(9)3(8)2(1-7)10-5/h2-5,7-9H,1,6H2/t2-,3-,4-,5?/m1/s1. The molecular formula is C5H11BO4. The number of rotatable bonds is 1. The average Bonchev–Trinajstić information content (AvgIpc) is 2.17. The van der Waals surface area contributed by atoms with Crippen LogP contribution in [0, 0.1) is 0 Å². The van der Waals surface area contributed by atoms with Gasteiger partial charge < -0.3 is 20.1 Å². The van der Waals surface area contributed by atoms with Gasteiger partial charge in [0, 0.05) is 0 Å². The summed E-state index contributed by atoms with van der Waals surface area (Å²) in [6.45, 7) is -0.247. The number of hydrogen-bond donors (Lipinski definition) is 3. The van der Waals surface area contributed by atoms with E-state index >= 15 is 0 Å². The van der Waals surface area contributed by atoms with Gasteiger partial charge in [-0.15, -0.1) is 0 Å². The monoisotopic (exact) mass is 146 g/mol. The molecule has 0 radical (unpaired) electrons. The van der Waals surface area contributed by atoms with Crippen molar-refractivity contribution in [3.63, 3.8) is 0 Å². The van der Waals surface area contributed by atoms with Gasteiger partial charge in [0.05, 0.1) is 12.6 Å². The van der Waals surface area contributed by atoms with Crippen molar-refractivity contribution >= 4 is 7.85 Å². The molecule has 0 aliphatic carbocycles. The molecule has 0 spiro atoms. The highest BCUT2D eigenvalue weighted by atomic mass is 16.5. The molecule has 1 rings (SSSR count). The van der Waals surface area contributed by atoms with Crippen LogP contribution in [0.2, 0.25) is 0 Å². The molecule has 0 aromatic heterocycles. The quantitative estimate of drug-likeness (QED) is 0.346. The first-order chi connectivity index (χ1) is 4.66. The Labute approximate surface area is 59.8 Å². The Hall–Kier alpha value is -0.0951. The minimum Gasteiger partial charge on any atom is -0.394 e. The number of ether oxygens (including phenoxy) is 1. The molecule has 58 valence electrons. The Balaban J connectivity index is 2.53. The summed E-state index contributed by atoms with van der Waals surface area (Å²) in [5, 5.41) is 26.8. The zero-order chi connectivity index (χ0) is 7.72. The molecular weight excluding hydrogens is 135 g/mol. The van der Waals surface area contributed by atoms with E-state index in [9.17, 15) is 0 Å². The second-order valence-electron chi connectivity index (χ2n) is 2.54.